The van der Waals surface area contributed by atoms with Crippen molar-refractivity contribution in [2.75, 3.05) is 13.2 Å². The van der Waals surface area contributed by atoms with E-state index in [2.05, 4.69) is 18.2 Å². The van der Waals surface area contributed by atoms with E-state index >= 15 is 0 Å². The van der Waals surface area contributed by atoms with Gasteiger partial charge in [-0.25, -0.2) is 9.65 Å². The summed E-state index contributed by atoms with van der Waals surface area (Å²) in [5.74, 6) is 0.483. The molecule has 0 amide bonds. The minimum atomic E-state index is -3.37. The molecule has 0 aliphatic rings. The van der Waals surface area contributed by atoms with Crippen molar-refractivity contribution in [2.24, 2.45) is 0 Å². The van der Waals surface area contributed by atoms with E-state index in [0.717, 1.165) is 0 Å². The molecular weight excluding hydrogens is 237 g/mol. The Labute approximate surface area is 102 Å². The van der Waals surface area contributed by atoms with Gasteiger partial charge in [0.2, 0.25) is 0 Å². The summed E-state index contributed by atoms with van der Waals surface area (Å²) in [5.41, 5.74) is 0. The highest BCUT2D eigenvalue weighted by atomic mass is 31.2. The molecule has 0 bridgehead atoms. The zero-order valence-corrected chi connectivity index (χ0v) is 10.4. The van der Waals surface area contributed by atoms with Gasteiger partial charge in [-0.1, -0.05) is 30.4 Å². The minimum absolute atomic E-state index is 0.147. The molecule has 1 aromatic carbocycles. The van der Waals surface area contributed by atoms with Crippen LogP contribution in [-0.2, 0) is 9.09 Å². The topological polar surface area (TPSA) is 47.6 Å². The van der Waals surface area contributed by atoms with Crippen LogP contribution in [0.3, 0.4) is 0 Å². The largest absolute Gasteiger partial charge is 0.459 e. The number of rotatable bonds is 8. The van der Waals surface area contributed by atoms with E-state index in [1.165, 1.54) is 6.08 Å². The smallest absolute Gasteiger partial charge is 0.413 e. The Morgan fingerprint density at radius 3 is 2.53 bits per heavy atom. The van der Waals surface area contributed by atoms with Gasteiger partial charge in [0.05, 0.1) is 6.61 Å². The van der Waals surface area contributed by atoms with Gasteiger partial charge in [0, 0.05) is 6.54 Å². The molecule has 17 heavy (non-hydrogen) atoms. The fourth-order valence-electron chi connectivity index (χ4n) is 1.05. The molecule has 0 saturated heterocycles. The van der Waals surface area contributed by atoms with E-state index in [1.54, 1.807) is 30.3 Å². The third-order valence-corrected chi connectivity index (χ3v) is 3.27. The summed E-state index contributed by atoms with van der Waals surface area (Å²) in [6.45, 7) is 7.52. The second-order valence-corrected chi connectivity index (χ2v) is 4.89. The van der Waals surface area contributed by atoms with Crippen LogP contribution in [0.1, 0.15) is 0 Å². The maximum atomic E-state index is 12.2. The highest BCUT2D eigenvalue weighted by Crippen LogP contribution is 2.43. The summed E-state index contributed by atoms with van der Waals surface area (Å²) >= 11 is 0. The normalized spacial score (nSPS) is 13.6. The van der Waals surface area contributed by atoms with Gasteiger partial charge in [-0.15, -0.1) is 13.2 Å². The molecule has 1 unspecified atom stereocenters. The molecule has 4 nitrogen and oxygen atoms in total. The molecule has 0 heterocycles. The number of nitrogens with one attached hydrogen (secondary N) is 1. The zero-order chi connectivity index (χ0) is 12.6. The number of benzene rings is 1. The molecule has 0 fully saturated rings. The van der Waals surface area contributed by atoms with Gasteiger partial charge >= 0.3 is 7.75 Å². The molecule has 0 saturated carbocycles. The molecule has 0 radical (unpaired) electrons. The van der Waals surface area contributed by atoms with Gasteiger partial charge < -0.3 is 4.52 Å². The first-order valence-corrected chi connectivity index (χ1v) is 6.70. The monoisotopic (exact) mass is 253 g/mol. The third-order valence-electron chi connectivity index (χ3n) is 1.76. The first kappa shape index (κ1) is 13.7. The van der Waals surface area contributed by atoms with Crippen LogP contribution in [0.4, 0.5) is 0 Å². The van der Waals surface area contributed by atoms with Crippen molar-refractivity contribution in [3.8, 4) is 5.75 Å². The molecule has 0 aliphatic carbocycles. The van der Waals surface area contributed by atoms with Crippen molar-refractivity contribution < 1.29 is 13.6 Å². The van der Waals surface area contributed by atoms with E-state index in [-0.39, 0.29) is 6.61 Å². The Balaban J connectivity index is 2.72. The molecular formula is C12H16NO3P. The molecule has 0 aliphatic heterocycles. The van der Waals surface area contributed by atoms with Crippen LogP contribution < -0.4 is 9.61 Å². The van der Waals surface area contributed by atoms with Gasteiger partial charge in [-0.3, -0.25) is 4.52 Å². The Morgan fingerprint density at radius 2 is 1.94 bits per heavy atom. The van der Waals surface area contributed by atoms with Crippen molar-refractivity contribution in [2.45, 2.75) is 0 Å². The van der Waals surface area contributed by atoms with Gasteiger partial charge in [0.25, 0.3) is 0 Å². The second-order valence-electron chi connectivity index (χ2n) is 3.14. The van der Waals surface area contributed by atoms with Crippen LogP contribution in [0.2, 0.25) is 0 Å². The molecule has 0 spiro atoms. The molecule has 92 valence electrons. The maximum Gasteiger partial charge on any atom is 0.459 e. The van der Waals surface area contributed by atoms with Crippen molar-refractivity contribution in [3.05, 3.63) is 55.6 Å². The minimum Gasteiger partial charge on any atom is -0.413 e. The SMILES string of the molecule is C=CCNP(=O)(OCC=C)Oc1ccccc1. The highest BCUT2D eigenvalue weighted by Gasteiger charge is 2.24. The van der Waals surface area contributed by atoms with Crippen LogP contribution in [0, 0.1) is 0 Å². The average molecular weight is 253 g/mol. The first-order chi connectivity index (χ1) is 8.20. The molecule has 5 heteroatoms. The Morgan fingerprint density at radius 1 is 1.24 bits per heavy atom. The lowest BCUT2D eigenvalue weighted by Gasteiger charge is -2.18. The molecule has 1 aromatic rings. The van der Waals surface area contributed by atoms with Gasteiger partial charge in [-0.05, 0) is 12.1 Å². The lowest BCUT2D eigenvalue weighted by Crippen LogP contribution is -2.16. The molecule has 1 rings (SSSR count). The average Bonchev–Trinajstić information content (AvgIpc) is 2.35. The summed E-state index contributed by atoms with van der Waals surface area (Å²) in [4.78, 5) is 0. The third kappa shape index (κ3) is 5.00. The fourth-order valence-corrected chi connectivity index (χ4v) is 2.31. The summed E-state index contributed by atoms with van der Waals surface area (Å²) in [6, 6.07) is 8.85. The maximum absolute atomic E-state index is 12.2. The van der Waals surface area contributed by atoms with Gasteiger partial charge in [-0.2, -0.15) is 0 Å². The predicted molar refractivity (Wildman–Crippen MR) is 69.0 cm³/mol. The van der Waals surface area contributed by atoms with Gasteiger partial charge in [0.1, 0.15) is 5.75 Å². The quantitative estimate of drug-likeness (QED) is 0.571. The van der Waals surface area contributed by atoms with E-state index in [1.807, 2.05) is 6.07 Å². The Hall–Kier alpha value is -1.35. The van der Waals surface area contributed by atoms with Crippen LogP contribution in [0.25, 0.3) is 0 Å². The fraction of sp³-hybridized carbons (Fsp3) is 0.167. The molecule has 1 atom stereocenters. The Bertz CT molecular complexity index is 389. The molecule has 0 aromatic heterocycles. The van der Waals surface area contributed by atoms with Crippen LogP contribution in [0.5, 0.6) is 5.75 Å². The first-order valence-electron chi connectivity index (χ1n) is 5.16. The van der Waals surface area contributed by atoms with E-state index < -0.39 is 7.75 Å². The zero-order valence-electron chi connectivity index (χ0n) is 9.54. The van der Waals surface area contributed by atoms with Crippen molar-refractivity contribution in [1.82, 2.24) is 5.09 Å². The van der Waals surface area contributed by atoms with Crippen LogP contribution in [0.15, 0.2) is 55.6 Å². The lowest BCUT2D eigenvalue weighted by molar-refractivity contribution is 0.284. The second kappa shape index (κ2) is 7.07. The summed E-state index contributed by atoms with van der Waals surface area (Å²) in [6.07, 6.45) is 3.09. The van der Waals surface area contributed by atoms with Crippen molar-refractivity contribution in [3.63, 3.8) is 0 Å². The van der Waals surface area contributed by atoms with E-state index in [4.69, 9.17) is 9.05 Å². The lowest BCUT2D eigenvalue weighted by atomic mass is 10.3. The van der Waals surface area contributed by atoms with Crippen molar-refractivity contribution in [1.29, 1.82) is 0 Å². The van der Waals surface area contributed by atoms with Crippen LogP contribution >= 0.6 is 7.75 Å². The summed E-state index contributed by atoms with van der Waals surface area (Å²) < 4.78 is 22.7. The van der Waals surface area contributed by atoms with E-state index in [9.17, 15) is 4.57 Å². The standard InChI is InChI=1S/C12H16NO3P/c1-3-10-13-17(14,15-11-4-2)16-12-8-6-5-7-9-12/h3-9H,1-2,10-11H2,(H,13,14). The van der Waals surface area contributed by atoms with Crippen LogP contribution in [-0.4, -0.2) is 13.2 Å². The number of hydrogen-bond donors (Lipinski definition) is 1. The molecule has 1 N–H and O–H groups in total. The van der Waals surface area contributed by atoms with E-state index in [0.29, 0.717) is 12.3 Å². The van der Waals surface area contributed by atoms with Crippen molar-refractivity contribution >= 4 is 7.75 Å². The van der Waals surface area contributed by atoms with Gasteiger partial charge in [0.15, 0.2) is 0 Å². The predicted octanol–water partition coefficient (Wildman–Crippen LogP) is 3.15. The number of hydrogen-bond acceptors (Lipinski definition) is 3. The highest BCUT2D eigenvalue weighted by molar-refractivity contribution is 7.52. The summed E-state index contributed by atoms with van der Waals surface area (Å²) in [5, 5.41) is 2.67. The Kier molecular flexibility index (Phi) is 5.70. The number of para-hydroxylation sites is 1. The summed E-state index contributed by atoms with van der Waals surface area (Å²) in [7, 11) is -3.37.